The highest BCUT2D eigenvalue weighted by Gasteiger charge is 2.53. The van der Waals surface area contributed by atoms with Gasteiger partial charge in [0.25, 0.3) is 0 Å². The molecule has 0 aromatic heterocycles. The lowest BCUT2D eigenvalue weighted by atomic mass is 9.84. The van der Waals surface area contributed by atoms with Gasteiger partial charge in [0.1, 0.15) is 0 Å². The summed E-state index contributed by atoms with van der Waals surface area (Å²) in [6.45, 7) is 8.06. The zero-order valence-electron chi connectivity index (χ0n) is 10.0. The molecule has 1 heterocycles. The summed E-state index contributed by atoms with van der Waals surface area (Å²) in [7, 11) is 0. The van der Waals surface area contributed by atoms with E-state index in [9.17, 15) is 4.79 Å². The fourth-order valence-corrected chi connectivity index (χ4v) is 2.38. The van der Waals surface area contributed by atoms with Gasteiger partial charge in [-0.3, -0.25) is 4.79 Å². The van der Waals surface area contributed by atoms with Crippen molar-refractivity contribution >= 4 is 5.97 Å². The summed E-state index contributed by atoms with van der Waals surface area (Å²) >= 11 is 0. The molecular weight excluding hydrogens is 192 g/mol. The SMILES string of the molecule is CC(C)(C)C1OC(=O)C2(C)CCCC2O1. The lowest BCUT2D eigenvalue weighted by Gasteiger charge is -2.42. The normalized spacial score (nSPS) is 41.2. The van der Waals surface area contributed by atoms with Gasteiger partial charge in [-0.1, -0.05) is 20.8 Å². The monoisotopic (exact) mass is 212 g/mol. The van der Waals surface area contributed by atoms with Crippen LogP contribution in [0.15, 0.2) is 0 Å². The maximum Gasteiger partial charge on any atom is 0.316 e. The summed E-state index contributed by atoms with van der Waals surface area (Å²) in [5, 5.41) is 0. The Morgan fingerprint density at radius 1 is 1.40 bits per heavy atom. The van der Waals surface area contributed by atoms with Crippen LogP contribution in [0.5, 0.6) is 0 Å². The molecule has 3 nitrogen and oxygen atoms in total. The molecular formula is C12H20O3. The maximum absolute atomic E-state index is 12.0. The van der Waals surface area contributed by atoms with E-state index in [1.54, 1.807) is 0 Å². The maximum atomic E-state index is 12.0. The van der Waals surface area contributed by atoms with Crippen molar-refractivity contribution in [3.8, 4) is 0 Å². The van der Waals surface area contributed by atoms with E-state index in [0.29, 0.717) is 0 Å². The summed E-state index contributed by atoms with van der Waals surface area (Å²) in [6, 6.07) is 0. The Morgan fingerprint density at radius 3 is 2.67 bits per heavy atom. The number of hydrogen-bond donors (Lipinski definition) is 0. The number of esters is 1. The van der Waals surface area contributed by atoms with Gasteiger partial charge < -0.3 is 9.47 Å². The molecule has 86 valence electrons. The third-order valence-electron chi connectivity index (χ3n) is 3.55. The second kappa shape index (κ2) is 3.21. The van der Waals surface area contributed by atoms with Crippen LogP contribution in [0.25, 0.3) is 0 Å². The lowest BCUT2D eigenvalue weighted by Crippen LogP contribution is -2.51. The first kappa shape index (κ1) is 10.9. The van der Waals surface area contributed by atoms with Gasteiger partial charge in [-0.25, -0.2) is 0 Å². The Balaban J connectivity index is 2.19. The highest BCUT2D eigenvalue weighted by molar-refractivity contribution is 5.78. The second-order valence-corrected chi connectivity index (χ2v) is 6.04. The Labute approximate surface area is 91.1 Å². The summed E-state index contributed by atoms with van der Waals surface area (Å²) in [4.78, 5) is 12.0. The molecule has 3 heteroatoms. The molecule has 15 heavy (non-hydrogen) atoms. The Bertz CT molecular complexity index is 279. The topological polar surface area (TPSA) is 35.5 Å². The molecule has 2 rings (SSSR count). The minimum absolute atomic E-state index is 0.0583. The fraction of sp³-hybridized carbons (Fsp3) is 0.917. The fourth-order valence-electron chi connectivity index (χ4n) is 2.38. The number of cyclic esters (lactones) is 1. The van der Waals surface area contributed by atoms with Crippen molar-refractivity contribution in [2.45, 2.75) is 59.4 Å². The Morgan fingerprint density at radius 2 is 2.07 bits per heavy atom. The molecule has 0 aromatic rings. The molecule has 0 radical (unpaired) electrons. The summed E-state index contributed by atoms with van der Waals surface area (Å²) in [5.41, 5.74) is -0.526. The van der Waals surface area contributed by atoms with E-state index in [-0.39, 0.29) is 29.2 Å². The van der Waals surface area contributed by atoms with Gasteiger partial charge in [-0.2, -0.15) is 0 Å². The van der Waals surface area contributed by atoms with Crippen LogP contribution in [-0.4, -0.2) is 18.4 Å². The Hall–Kier alpha value is -0.570. The summed E-state index contributed by atoms with van der Waals surface area (Å²) in [6.07, 6.45) is 2.61. The molecule has 0 aromatic carbocycles. The molecule has 1 saturated heterocycles. The zero-order valence-corrected chi connectivity index (χ0v) is 10.0. The highest BCUT2D eigenvalue weighted by Crippen LogP contribution is 2.46. The van der Waals surface area contributed by atoms with Gasteiger partial charge in [-0.15, -0.1) is 0 Å². The smallest absolute Gasteiger partial charge is 0.316 e. The molecule has 0 spiro atoms. The molecule has 0 amide bonds. The van der Waals surface area contributed by atoms with Crippen LogP contribution >= 0.6 is 0 Å². The van der Waals surface area contributed by atoms with Crippen LogP contribution in [-0.2, 0) is 14.3 Å². The van der Waals surface area contributed by atoms with Crippen LogP contribution in [0.3, 0.4) is 0 Å². The van der Waals surface area contributed by atoms with E-state index < -0.39 is 0 Å². The molecule has 1 saturated carbocycles. The standard InChI is InChI=1S/C12H20O3/c1-11(2,3)10-14-8-6-5-7-12(8,4)9(13)15-10/h8,10H,5-7H2,1-4H3. The largest absolute Gasteiger partial charge is 0.435 e. The van der Waals surface area contributed by atoms with E-state index in [1.165, 1.54) is 0 Å². The summed E-state index contributed by atoms with van der Waals surface area (Å²) < 4.78 is 11.3. The second-order valence-electron chi connectivity index (χ2n) is 6.04. The molecule has 3 unspecified atom stereocenters. The first-order valence-electron chi connectivity index (χ1n) is 5.70. The number of rotatable bonds is 0. The number of hydrogen-bond acceptors (Lipinski definition) is 3. The van der Waals surface area contributed by atoms with E-state index in [4.69, 9.17) is 9.47 Å². The van der Waals surface area contributed by atoms with Crippen LogP contribution in [0, 0.1) is 10.8 Å². The van der Waals surface area contributed by atoms with Crippen molar-refractivity contribution in [1.82, 2.24) is 0 Å². The first-order valence-corrected chi connectivity index (χ1v) is 5.70. The molecule has 2 aliphatic rings. The third kappa shape index (κ3) is 1.67. The van der Waals surface area contributed by atoms with Crippen molar-refractivity contribution in [2.75, 3.05) is 0 Å². The van der Waals surface area contributed by atoms with Crippen molar-refractivity contribution in [3.05, 3.63) is 0 Å². The average molecular weight is 212 g/mol. The predicted octanol–water partition coefficient (Wildman–Crippen LogP) is 2.49. The predicted molar refractivity (Wildman–Crippen MR) is 56.2 cm³/mol. The van der Waals surface area contributed by atoms with E-state index in [0.717, 1.165) is 19.3 Å². The average Bonchev–Trinajstić information content (AvgIpc) is 2.46. The van der Waals surface area contributed by atoms with Crippen LogP contribution in [0.1, 0.15) is 47.0 Å². The summed E-state index contributed by atoms with van der Waals surface area (Å²) in [5.74, 6) is -0.0730. The van der Waals surface area contributed by atoms with Gasteiger partial charge in [0.15, 0.2) is 0 Å². The number of carbonyl (C=O) groups excluding carboxylic acids is 1. The molecule has 0 bridgehead atoms. The third-order valence-corrected chi connectivity index (χ3v) is 3.55. The van der Waals surface area contributed by atoms with Crippen LogP contribution in [0.4, 0.5) is 0 Å². The van der Waals surface area contributed by atoms with Crippen molar-refractivity contribution < 1.29 is 14.3 Å². The minimum Gasteiger partial charge on any atom is -0.435 e. The first-order chi connectivity index (χ1) is 6.84. The zero-order chi connectivity index (χ0) is 11.3. The molecule has 1 aliphatic carbocycles. The number of ether oxygens (including phenoxy) is 2. The van der Waals surface area contributed by atoms with Crippen LogP contribution in [0.2, 0.25) is 0 Å². The molecule has 3 atom stereocenters. The Kier molecular flexibility index (Phi) is 2.34. The van der Waals surface area contributed by atoms with Gasteiger partial charge in [0, 0.05) is 5.41 Å². The minimum atomic E-state index is -0.388. The quantitative estimate of drug-likeness (QED) is 0.579. The van der Waals surface area contributed by atoms with E-state index in [1.807, 2.05) is 27.7 Å². The number of carbonyl (C=O) groups is 1. The number of fused-ring (bicyclic) bond motifs is 1. The van der Waals surface area contributed by atoms with Crippen LogP contribution < -0.4 is 0 Å². The van der Waals surface area contributed by atoms with E-state index >= 15 is 0 Å². The van der Waals surface area contributed by atoms with Crippen molar-refractivity contribution in [1.29, 1.82) is 0 Å². The van der Waals surface area contributed by atoms with E-state index in [2.05, 4.69) is 0 Å². The van der Waals surface area contributed by atoms with Gasteiger partial charge in [0.2, 0.25) is 6.29 Å². The van der Waals surface area contributed by atoms with Gasteiger partial charge in [-0.05, 0) is 26.2 Å². The van der Waals surface area contributed by atoms with Gasteiger partial charge in [0.05, 0.1) is 11.5 Å². The highest BCUT2D eigenvalue weighted by atomic mass is 16.7. The molecule has 0 N–H and O–H groups in total. The molecule has 2 fully saturated rings. The van der Waals surface area contributed by atoms with Gasteiger partial charge >= 0.3 is 5.97 Å². The lowest BCUT2D eigenvalue weighted by molar-refractivity contribution is -0.267. The van der Waals surface area contributed by atoms with Crippen molar-refractivity contribution in [2.24, 2.45) is 10.8 Å². The van der Waals surface area contributed by atoms with Crippen molar-refractivity contribution in [3.63, 3.8) is 0 Å². The molecule has 1 aliphatic heterocycles.